The van der Waals surface area contributed by atoms with Crippen molar-refractivity contribution in [2.75, 3.05) is 18.4 Å². The van der Waals surface area contributed by atoms with Crippen LogP contribution in [0, 0.1) is 0 Å². The van der Waals surface area contributed by atoms with Gasteiger partial charge in [-0.15, -0.1) is 0 Å². The van der Waals surface area contributed by atoms with Gasteiger partial charge in [0.05, 0.1) is 23.1 Å². The predicted octanol–water partition coefficient (Wildman–Crippen LogP) is 4.58. The van der Waals surface area contributed by atoms with Crippen LogP contribution in [0.5, 0.6) is 0 Å². The molecule has 1 aliphatic rings. The maximum atomic E-state index is 12.9. The van der Waals surface area contributed by atoms with E-state index < -0.39 is 0 Å². The Bertz CT molecular complexity index is 1070. The van der Waals surface area contributed by atoms with E-state index in [0.29, 0.717) is 28.3 Å². The molecule has 0 saturated carbocycles. The van der Waals surface area contributed by atoms with Crippen molar-refractivity contribution in [3.63, 3.8) is 0 Å². The maximum absolute atomic E-state index is 12.9. The van der Waals surface area contributed by atoms with Crippen LogP contribution in [-0.4, -0.2) is 39.6 Å². The van der Waals surface area contributed by atoms with Gasteiger partial charge in [0.25, 0.3) is 11.8 Å². The fourth-order valence-electron chi connectivity index (χ4n) is 3.73. The second-order valence-electron chi connectivity index (χ2n) is 7.28. The highest BCUT2D eigenvalue weighted by Gasteiger charge is 2.20. The van der Waals surface area contributed by atoms with Crippen LogP contribution < -0.4 is 5.32 Å². The lowest BCUT2D eigenvalue weighted by Gasteiger charge is -2.15. The average Bonchev–Trinajstić information content (AvgIpc) is 3.43. The van der Waals surface area contributed by atoms with Crippen molar-refractivity contribution in [3.8, 4) is 5.69 Å². The largest absolute Gasteiger partial charge is 0.339 e. The van der Waals surface area contributed by atoms with E-state index in [-0.39, 0.29) is 11.8 Å². The monoisotopic (exact) mass is 422 g/mol. The molecular weight excluding hydrogens is 400 g/mol. The van der Waals surface area contributed by atoms with E-state index in [2.05, 4.69) is 10.4 Å². The van der Waals surface area contributed by atoms with E-state index in [0.717, 1.165) is 37.3 Å². The number of benzene rings is 2. The summed E-state index contributed by atoms with van der Waals surface area (Å²) in [4.78, 5) is 27.2. The molecule has 7 heteroatoms. The minimum absolute atomic E-state index is 0.0430. The van der Waals surface area contributed by atoms with Crippen LogP contribution in [0.3, 0.4) is 0 Å². The van der Waals surface area contributed by atoms with Crippen molar-refractivity contribution in [3.05, 3.63) is 76.6 Å². The summed E-state index contributed by atoms with van der Waals surface area (Å²) in [6.45, 7) is 3.61. The number of carbonyl (C=O) groups excluding carboxylic acids is 2. The number of anilines is 1. The summed E-state index contributed by atoms with van der Waals surface area (Å²) in [5.74, 6) is -0.194. The minimum Gasteiger partial charge on any atom is -0.339 e. The lowest BCUT2D eigenvalue weighted by Crippen LogP contribution is -2.27. The van der Waals surface area contributed by atoms with E-state index in [1.54, 1.807) is 41.2 Å². The van der Waals surface area contributed by atoms with Gasteiger partial charge in [0.15, 0.2) is 0 Å². The number of hydrogen-bond donors (Lipinski definition) is 1. The third kappa shape index (κ3) is 4.09. The quantitative estimate of drug-likeness (QED) is 0.654. The molecule has 1 fully saturated rings. The Kier molecular flexibility index (Phi) is 5.86. The fourth-order valence-corrected chi connectivity index (χ4v) is 3.92. The fraction of sp³-hybridized carbons (Fsp3) is 0.261. The number of amides is 2. The standard InChI is InChI=1S/C23H23ClN4O2/c1-2-21-20(15-25-28(21)19-7-5-6-17(24)14-19)22(29)26-18-10-8-16(9-11-18)23(30)27-12-3-4-13-27/h5-11,14-15H,2-4,12-13H2,1H3,(H,26,29). The van der Waals surface area contributed by atoms with E-state index in [4.69, 9.17) is 11.6 Å². The first kappa shape index (κ1) is 20.2. The molecule has 1 aliphatic heterocycles. The number of aromatic nitrogens is 2. The number of nitrogens with zero attached hydrogens (tertiary/aromatic N) is 3. The van der Waals surface area contributed by atoms with Gasteiger partial charge in [-0.25, -0.2) is 4.68 Å². The average molecular weight is 423 g/mol. The van der Waals surface area contributed by atoms with Crippen molar-refractivity contribution in [2.24, 2.45) is 0 Å². The summed E-state index contributed by atoms with van der Waals surface area (Å²) >= 11 is 6.10. The molecule has 6 nitrogen and oxygen atoms in total. The highest BCUT2D eigenvalue weighted by Crippen LogP contribution is 2.21. The zero-order chi connectivity index (χ0) is 21.1. The second-order valence-corrected chi connectivity index (χ2v) is 7.72. The molecule has 4 rings (SSSR count). The molecule has 0 bridgehead atoms. The lowest BCUT2D eigenvalue weighted by atomic mass is 10.1. The topological polar surface area (TPSA) is 67.2 Å². The van der Waals surface area contributed by atoms with E-state index in [9.17, 15) is 9.59 Å². The summed E-state index contributed by atoms with van der Waals surface area (Å²) in [6, 6.07) is 14.4. The highest BCUT2D eigenvalue weighted by atomic mass is 35.5. The molecule has 3 aromatic rings. The van der Waals surface area contributed by atoms with Crippen LogP contribution in [0.15, 0.2) is 54.7 Å². The first-order valence-electron chi connectivity index (χ1n) is 10.1. The zero-order valence-corrected chi connectivity index (χ0v) is 17.5. The van der Waals surface area contributed by atoms with Crippen LogP contribution >= 0.6 is 11.6 Å². The number of nitrogens with one attached hydrogen (secondary N) is 1. The molecule has 0 radical (unpaired) electrons. The van der Waals surface area contributed by atoms with Gasteiger partial charge < -0.3 is 10.2 Å². The molecule has 1 saturated heterocycles. The second kappa shape index (κ2) is 8.71. The van der Waals surface area contributed by atoms with Gasteiger partial charge in [-0.2, -0.15) is 5.10 Å². The smallest absolute Gasteiger partial charge is 0.259 e. The molecule has 154 valence electrons. The van der Waals surface area contributed by atoms with Crippen molar-refractivity contribution in [1.82, 2.24) is 14.7 Å². The Morgan fingerprint density at radius 2 is 1.83 bits per heavy atom. The Balaban J connectivity index is 1.51. The number of hydrogen-bond acceptors (Lipinski definition) is 3. The Hall–Kier alpha value is -3.12. The van der Waals surface area contributed by atoms with Gasteiger partial charge in [-0.3, -0.25) is 9.59 Å². The predicted molar refractivity (Wildman–Crippen MR) is 117 cm³/mol. The van der Waals surface area contributed by atoms with Gasteiger partial charge >= 0.3 is 0 Å². The van der Waals surface area contributed by atoms with Crippen LogP contribution in [0.4, 0.5) is 5.69 Å². The molecule has 0 atom stereocenters. The first-order chi connectivity index (χ1) is 14.6. The molecule has 30 heavy (non-hydrogen) atoms. The normalized spacial score (nSPS) is 13.5. The van der Waals surface area contributed by atoms with Crippen molar-refractivity contribution < 1.29 is 9.59 Å². The highest BCUT2D eigenvalue weighted by molar-refractivity contribution is 6.30. The third-order valence-corrected chi connectivity index (χ3v) is 5.52. The lowest BCUT2D eigenvalue weighted by molar-refractivity contribution is 0.0792. The first-order valence-corrected chi connectivity index (χ1v) is 10.5. The minimum atomic E-state index is -0.237. The van der Waals surface area contributed by atoms with Crippen molar-refractivity contribution in [2.45, 2.75) is 26.2 Å². The third-order valence-electron chi connectivity index (χ3n) is 5.28. The summed E-state index contributed by atoms with van der Waals surface area (Å²) in [5.41, 5.74) is 3.39. The Morgan fingerprint density at radius 1 is 1.10 bits per heavy atom. The van der Waals surface area contributed by atoms with Crippen molar-refractivity contribution in [1.29, 1.82) is 0 Å². The Morgan fingerprint density at radius 3 is 2.50 bits per heavy atom. The Labute approximate surface area is 180 Å². The summed E-state index contributed by atoms with van der Waals surface area (Å²) in [6.07, 6.45) is 4.32. The summed E-state index contributed by atoms with van der Waals surface area (Å²) in [5, 5.41) is 7.90. The zero-order valence-electron chi connectivity index (χ0n) is 16.8. The molecule has 2 amide bonds. The number of carbonyl (C=O) groups is 2. The van der Waals surface area contributed by atoms with E-state index in [1.165, 1.54) is 0 Å². The molecule has 2 heterocycles. The van der Waals surface area contributed by atoms with Crippen LogP contribution in [0.1, 0.15) is 46.2 Å². The molecule has 0 unspecified atom stereocenters. The van der Waals surface area contributed by atoms with Gasteiger partial charge in [0, 0.05) is 29.4 Å². The molecular formula is C23H23ClN4O2. The van der Waals surface area contributed by atoms with Gasteiger partial charge in [0.1, 0.15) is 0 Å². The molecule has 1 N–H and O–H groups in total. The van der Waals surface area contributed by atoms with Crippen LogP contribution in [0.2, 0.25) is 5.02 Å². The van der Waals surface area contributed by atoms with Gasteiger partial charge in [-0.1, -0.05) is 24.6 Å². The maximum Gasteiger partial charge on any atom is 0.259 e. The molecule has 0 aliphatic carbocycles. The SMILES string of the molecule is CCc1c(C(=O)Nc2ccc(C(=O)N3CCCC3)cc2)cnn1-c1cccc(Cl)c1. The summed E-state index contributed by atoms with van der Waals surface area (Å²) in [7, 11) is 0. The van der Waals surface area contributed by atoms with Gasteiger partial charge in [-0.05, 0) is 61.7 Å². The van der Waals surface area contributed by atoms with Crippen molar-refractivity contribution >= 4 is 29.1 Å². The van der Waals surface area contributed by atoms with E-state index in [1.807, 2.05) is 30.0 Å². The van der Waals surface area contributed by atoms with E-state index >= 15 is 0 Å². The number of likely N-dealkylation sites (tertiary alicyclic amines) is 1. The number of halogens is 1. The van der Waals surface area contributed by atoms with Crippen LogP contribution in [0.25, 0.3) is 5.69 Å². The molecule has 2 aromatic carbocycles. The molecule has 1 aromatic heterocycles. The summed E-state index contributed by atoms with van der Waals surface area (Å²) < 4.78 is 1.73. The number of rotatable bonds is 5. The van der Waals surface area contributed by atoms with Crippen LogP contribution in [-0.2, 0) is 6.42 Å². The van der Waals surface area contributed by atoms with Gasteiger partial charge in [0.2, 0.25) is 0 Å². The molecule has 0 spiro atoms.